The molecule has 0 aromatic carbocycles. The zero-order chi connectivity index (χ0) is 18.5. The Bertz CT molecular complexity index is 504. The van der Waals surface area contributed by atoms with Crippen LogP contribution in [0.15, 0.2) is 33.4 Å². The van der Waals surface area contributed by atoms with Gasteiger partial charge >= 0.3 is 24.3 Å². The summed E-state index contributed by atoms with van der Waals surface area (Å²) in [4.78, 5) is 0. The normalized spacial score (nSPS) is 22.8. The standard InChI is InChI=1S/2C9H13.BF4.Fe/c2*1-6-5-7(2)9(4)8(6)3;2-1(3,4)5;/h2*6H,1-4H3;;/q3*-1;+3. The quantitative estimate of drug-likeness (QED) is 0.246. The molecule has 0 aromatic heterocycles. The van der Waals surface area contributed by atoms with Crippen LogP contribution in [0.4, 0.5) is 17.3 Å². The molecule has 0 amide bonds. The van der Waals surface area contributed by atoms with Crippen LogP contribution in [0.1, 0.15) is 55.4 Å². The van der Waals surface area contributed by atoms with Crippen molar-refractivity contribution in [2.75, 3.05) is 0 Å². The predicted octanol–water partition coefficient (Wildman–Crippen LogP) is 6.74. The van der Waals surface area contributed by atoms with Crippen molar-refractivity contribution in [1.29, 1.82) is 0 Å². The van der Waals surface area contributed by atoms with Crippen LogP contribution in [0, 0.1) is 24.0 Å². The average Bonchev–Trinajstić information content (AvgIpc) is 2.74. The summed E-state index contributed by atoms with van der Waals surface area (Å²) >= 11 is 0. The second-order valence-corrected chi connectivity index (χ2v) is 6.09. The second kappa shape index (κ2) is 10.3. The van der Waals surface area contributed by atoms with Gasteiger partial charge in [0.25, 0.3) is 0 Å². The summed E-state index contributed by atoms with van der Waals surface area (Å²) in [6, 6.07) is 0. The molecule has 6 heteroatoms. The van der Waals surface area contributed by atoms with E-state index in [1.807, 2.05) is 0 Å². The summed E-state index contributed by atoms with van der Waals surface area (Å²) < 4.78 is 39.0. The molecule has 2 rings (SSSR count). The fourth-order valence-corrected chi connectivity index (χ4v) is 2.32. The Balaban J connectivity index is 0. The molecule has 0 saturated carbocycles. The molecular weight excluding hydrogens is 359 g/mol. The Kier molecular flexibility index (Phi) is 10.9. The van der Waals surface area contributed by atoms with Crippen LogP contribution in [0.3, 0.4) is 0 Å². The molecule has 0 aliphatic heterocycles. The third kappa shape index (κ3) is 8.93. The van der Waals surface area contributed by atoms with Crippen molar-refractivity contribution in [2.24, 2.45) is 11.8 Å². The maximum absolute atomic E-state index is 9.75. The van der Waals surface area contributed by atoms with Crippen molar-refractivity contribution in [3.05, 3.63) is 45.6 Å². The van der Waals surface area contributed by atoms with Gasteiger partial charge in [0.05, 0.1) is 0 Å². The zero-order valence-corrected chi connectivity index (χ0v) is 16.7. The smallest absolute Gasteiger partial charge is 0.418 e. The van der Waals surface area contributed by atoms with Gasteiger partial charge in [0.1, 0.15) is 0 Å². The van der Waals surface area contributed by atoms with Gasteiger partial charge in [-0.3, -0.25) is 12.2 Å². The van der Waals surface area contributed by atoms with Crippen molar-refractivity contribution >= 4 is 7.25 Å². The first-order valence-corrected chi connectivity index (χ1v) is 7.68. The van der Waals surface area contributed by atoms with Crippen LogP contribution in [-0.2, 0) is 17.1 Å². The van der Waals surface area contributed by atoms with Gasteiger partial charge in [-0.1, -0.05) is 53.4 Å². The molecule has 2 atom stereocenters. The maximum Gasteiger partial charge on any atom is 3.00 e. The third-order valence-corrected chi connectivity index (χ3v) is 4.47. The number of hydrogen-bond donors (Lipinski definition) is 0. The van der Waals surface area contributed by atoms with Gasteiger partial charge in [-0.2, -0.15) is 22.3 Å². The van der Waals surface area contributed by atoms with Gasteiger partial charge in [-0.15, -0.1) is 13.8 Å². The molecule has 1 radical (unpaired) electrons. The minimum absolute atomic E-state index is 0. The Morgan fingerprint density at radius 3 is 0.917 bits per heavy atom. The van der Waals surface area contributed by atoms with E-state index in [1.54, 1.807) is 0 Å². The first kappa shape index (κ1) is 25.5. The Morgan fingerprint density at radius 1 is 0.667 bits per heavy atom. The summed E-state index contributed by atoms with van der Waals surface area (Å²) in [7, 11) is -6.00. The molecule has 2 unspecified atom stereocenters. The van der Waals surface area contributed by atoms with E-state index in [0.29, 0.717) is 11.8 Å². The summed E-state index contributed by atoms with van der Waals surface area (Å²) in [5, 5.41) is 0. The fraction of sp³-hybridized carbons (Fsp3) is 0.556. The number of hydrogen-bond acceptors (Lipinski definition) is 0. The monoisotopic (exact) mass is 385 g/mol. The van der Waals surface area contributed by atoms with E-state index in [9.17, 15) is 17.3 Å². The predicted molar refractivity (Wildman–Crippen MR) is 90.1 cm³/mol. The van der Waals surface area contributed by atoms with Gasteiger partial charge in [-0.05, 0) is 0 Å². The third-order valence-electron chi connectivity index (χ3n) is 4.47. The van der Waals surface area contributed by atoms with Gasteiger partial charge in [-0.25, -0.2) is 11.1 Å². The molecule has 0 aromatic rings. The van der Waals surface area contributed by atoms with E-state index < -0.39 is 7.25 Å². The number of allylic oxidation sites excluding steroid dienone is 8. The van der Waals surface area contributed by atoms with Gasteiger partial charge in [0, 0.05) is 0 Å². The second-order valence-electron chi connectivity index (χ2n) is 6.09. The molecular formula is C18H26BF4Fe. The topological polar surface area (TPSA) is 0 Å². The van der Waals surface area contributed by atoms with Crippen LogP contribution >= 0.6 is 0 Å². The molecule has 137 valence electrons. The van der Waals surface area contributed by atoms with Crippen LogP contribution < -0.4 is 0 Å². The Labute approximate surface area is 154 Å². The van der Waals surface area contributed by atoms with Crippen molar-refractivity contribution in [2.45, 2.75) is 55.4 Å². The molecule has 0 heterocycles. The maximum atomic E-state index is 9.75. The first-order valence-electron chi connectivity index (χ1n) is 7.68. The van der Waals surface area contributed by atoms with Crippen molar-refractivity contribution in [1.82, 2.24) is 0 Å². The zero-order valence-electron chi connectivity index (χ0n) is 15.6. The van der Waals surface area contributed by atoms with E-state index >= 15 is 0 Å². The average molecular weight is 385 g/mol. The molecule has 0 saturated heterocycles. The fourth-order valence-electron chi connectivity index (χ4n) is 2.32. The van der Waals surface area contributed by atoms with E-state index in [1.165, 1.54) is 33.4 Å². The summed E-state index contributed by atoms with van der Waals surface area (Å²) in [5.74, 6) is 1.12. The molecule has 0 bridgehead atoms. The van der Waals surface area contributed by atoms with Crippen LogP contribution in [0.25, 0.3) is 0 Å². The van der Waals surface area contributed by atoms with Gasteiger partial charge in [0.15, 0.2) is 0 Å². The van der Waals surface area contributed by atoms with E-state index in [0.717, 1.165) is 0 Å². The molecule has 2 aliphatic carbocycles. The summed E-state index contributed by atoms with van der Waals surface area (Å²) in [5.41, 5.74) is 8.49. The minimum atomic E-state index is -6.00. The van der Waals surface area contributed by atoms with Crippen LogP contribution in [0.2, 0.25) is 0 Å². The van der Waals surface area contributed by atoms with Gasteiger partial charge < -0.3 is 17.3 Å². The van der Waals surface area contributed by atoms with Crippen LogP contribution in [0.5, 0.6) is 0 Å². The van der Waals surface area contributed by atoms with E-state index in [-0.39, 0.29) is 17.1 Å². The van der Waals surface area contributed by atoms with Crippen molar-refractivity contribution in [3.63, 3.8) is 0 Å². The minimum Gasteiger partial charge on any atom is -0.418 e. The summed E-state index contributed by atoms with van der Waals surface area (Å²) in [6.45, 7) is 17.3. The van der Waals surface area contributed by atoms with E-state index in [4.69, 9.17) is 0 Å². The Morgan fingerprint density at radius 2 is 0.875 bits per heavy atom. The van der Waals surface area contributed by atoms with E-state index in [2.05, 4.69) is 67.5 Å². The Hall–Kier alpha value is -0.736. The number of rotatable bonds is 0. The molecule has 0 spiro atoms. The SMILES string of the molecule is CC1=[C-]C(C)C(C)=C1C.CC1=[C-]C(C)C(C)=C1C.F[B-](F)(F)F.[Fe+3]. The first-order chi connectivity index (χ1) is 10.3. The van der Waals surface area contributed by atoms with Gasteiger partial charge in [0.2, 0.25) is 0 Å². The molecule has 0 nitrogen and oxygen atoms in total. The van der Waals surface area contributed by atoms with Crippen LogP contribution in [-0.4, -0.2) is 7.25 Å². The largest absolute Gasteiger partial charge is 3.00 e. The van der Waals surface area contributed by atoms with Crippen molar-refractivity contribution in [3.8, 4) is 0 Å². The summed E-state index contributed by atoms with van der Waals surface area (Å²) in [6.07, 6.45) is 6.72. The molecule has 0 fully saturated rings. The molecule has 0 N–H and O–H groups in total. The molecule has 2 aliphatic rings. The van der Waals surface area contributed by atoms with Crippen molar-refractivity contribution < 1.29 is 34.3 Å². The molecule has 24 heavy (non-hydrogen) atoms. The number of halogens is 4.